The van der Waals surface area contributed by atoms with Gasteiger partial charge < -0.3 is 10.2 Å². The molecule has 0 bridgehead atoms. The SMILES string of the molecule is CC(=O)N1CC(CC(C)C)NCC1CC(C)C. The third-order valence-electron chi connectivity index (χ3n) is 3.40. The van der Waals surface area contributed by atoms with Crippen molar-refractivity contribution in [2.24, 2.45) is 11.8 Å². The highest BCUT2D eigenvalue weighted by Crippen LogP contribution is 2.18. The van der Waals surface area contributed by atoms with Crippen molar-refractivity contribution < 1.29 is 4.79 Å². The lowest BCUT2D eigenvalue weighted by Crippen LogP contribution is -2.58. The number of carbonyl (C=O) groups is 1. The Balaban J connectivity index is 2.58. The Morgan fingerprint density at radius 1 is 1.24 bits per heavy atom. The van der Waals surface area contributed by atoms with Gasteiger partial charge in [0.1, 0.15) is 0 Å². The Bertz CT molecular complexity index is 251. The molecule has 3 heteroatoms. The van der Waals surface area contributed by atoms with Gasteiger partial charge in [0.25, 0.3) is 0 Å². The van der Waals surface area contributed by atoms with E-state index in [1.807, 2.05) is 0 Å². The molecule has 0 spiro atoms. The minimum atomic E-state index is 0.228. The molecule has 17 heavy (non-hydrogen) atoms. The predicted octanol–water partition coefficient (Wildman–Crippen LogP) is 2.27. The molecule has 2 atom stereocenters. The van der Waals surface area contributed by atoms with Crippen molar-refractivity contribution in [1.29, 1.82) is 0 Å². The van der Waals surface area contributed by atoms with Gasteiger partial charge in [-0.1, -0.05) is 27.7 Å². The molecule has 1 saturated heterocycles. The van der Waals surface area contributed by atoms with Crippen molar-refractivity contribution >= 4 is 5.91 Å². The van der Waals surface area contributed by atoms with Crippen molar-refractivity contribution in [3.63, 3.8) is 0 Å². The largest absolute Gasteiger partial charge is 0.337 e. The number of nitrogens with one attached hydrogen (secondary N) is 1. The van der Waals surface area contributed by atoms with E-state index >= 15 is 0 Å². The van der Waals surface area contributed by atoms with Crippen molar-refractivity contribution in [3.8, 4) is 0 Å². The number of nitrogens with zero attached hydrogens (tertiary/aromatic N) is 1. The van der Waals surface area contributed by atoms with Crippen LogP contribution in [0.2, 0.25) is 0 Å². The molecule has 0 saturated carbocycles. The van der Waals surface area contributed by atoms with E-state index in [0.29, 0.717) is 23.9 Å². The summed E-state index contributed by atoms with van der Waals surface area (Å²) >= 11 is 0. The molecule has 0 aromatic carbocycles. The zero-order valence-corrected chi connectivity index (χ0v) is 12.0. The molecule has 0 aliphatic carbocycles. The van der Waals surface area contributed by atoms with Crippen LogP contribution in [0, 0.1) is 11.8 Å². The molecule has 1 aliphatic rings. The maximum Gasteiger partial charge on any atom is 0.219 e. The van der Waals surface area contributed by atoms with Crippen LogP contribution in [0.1, 0.15) is 47.5 Å². The highest BCUT2D eigenvalue weighted by molar-refractivity contribution is 5.73. The smallest absolute Gasteiger partial charge is 0.219 e. The van der Waals surface area contributed by atoms with Gasteiger partial charge in [0.2, 0.25) is 5.91 Å². The third kappa shape index (κ3) is 4.66. The van der Waals surface area contributed by atoms with E-state index in [1.54, 1.807) is 6.92 Å². The molecular formula is C14H28N2O. The van der Waals surface area contributed by atoms with Gasteiger partial charge in [-0.3, -0.25) is 4.79 Å². The number of amides is 1. The Hall–Kier alpha value is -0.570. The highest BCUT2D eigenvalue weighted by atomic mass is 16.2. The molecule has 1 fully saturated rings. The van der Waals surface area contributed by atoms with Crippen molar-refractivity contribution in [2.75, 3.05) is 13.1 Å². The average molecular weight is 240 g/mol. The van der Waals surface area contributed by atoms with Crippen LogP contribution in [0.25, 0.3) is 0 Å². The van der Waals surface area contributed by atoms with Crippen molar-refractivity contribution in [1.82, 2.24) is 10.2 Å². The molecule has 3 nitrogen and oxygen atoms in total. The van der Waals surface area contributed by atoms with E-state index in [9.17, 15) is 4.79 Å². The number of rotatable bonds is 4. The number of carbonyl (C=O) groups excluding carboxylic acids is 1. The summed E-state index contributed by atoms with van der Waals surface area (Å²) in [7, 11) is 0. The van der Waals surface area contributed by atoms with Crippen LogP contribution in [0.15, 0.2) is 0 Å². The van der Waals surface area contributed by atoms with Gasteiger partial charge in [0, 0.05) is 32.1 Å². The Morgan fingerprint density at radius 3 is 2.29 bits per heavy atom. The molecule has 0 radical (unpaired) electrons. The van der Waals surface area contributed by atoms with Crippen LogP contribution in [-0.4, -0.2) is 36.0 Å². The summed E-state index contributed by atoms with van der Waals surface area (Å²) < 4.78 is 0. The van der Waals surface area contributed by atoms with Gasteiger partial charge in [-0.05, 0) is 24.7 Å². The first-order valence-electron chi connectivity index (χ1n) is 6.90. The minimum absolute atomic E-state index is 0.228. The first-order valence-corrected chi connectivity index (χ1v) is 6.90. The van der Waals surface area contributed by atoms with Gasteiger partial charge in [0.15, 0.2) is 0 Å². The predicted molar refractivity (Wildman–Crippen MR) is 71.9 cm³/mol. The maximum absolute atomic E-state index is 11.7. The van der Waals surface area contributed by atoms with Gasteiger partial charge >= 0.3 is 0 Å². The van der Waals surface area contributed by atoms with Crippen LogP contribution in [0.3, 0.4) is 0 Å². The molecule has 1 heterocycles. The fourth-order valence-electron chi connectivity index (χ4n) is 2.73. The van der Waals surface area contributed by atoms with Crippen molar-refractivity contribution in [2.45, 2.75) is 59.5 Å². The number of hydrogen-bond donors (Lipinski definition) is 1. The molecule has 100 valence electrons. The second-order valence-electron chi connectivity index (χ2n) is 6.19. The Morgan fingerprint density at radius 2 is 1.82 bits per heavy atom. The quantitative estimate of drug-likeness (QED) is 0.817. The first-order chi connectivity index (χ1) is 7.90. The van der Waals surface area contributed by atoms with E-state index in [2.05, 4.69) is 37.9 Å². The molecule has 2 unspecified atom stereocenters. The van der Waals surface area contributed by atoms with Crippen LogP contribution < -0.4 is 5.32 Å². The van der Waals surface area contributed by atoms with Gasteiger partial charge in [-0.15, -0.1) is 0 Å². The second kappa shape index (κ2) is 6.39. The van der Waals surface area contributed by atoms with Crippen LogP contribution in [0.5, 0.6) is 0 Å². The van der Waals surface area contributed by atoms with E-state index in [4.69, 9.17) is 0 Å². The van der Waals surface area contributed by atoms with Crippen LogP contribution in [-0.2, 0) is 4.79 Å². The topological polar surface area (TPSA) is 32.3 Å². The summed E-state index contributed by atoms with van der Waals surface area (Å²) in [5, 5.41) is 3.60. The molecule has 0 aromatic rings. The average Bonchev–Trinajstić information content (AvgIpc) is 2.18. The van der Waals surface area contributed by atoms with Gasteiger partial charge in [-0.2, -0.15) is 0 Å². The molecule has 1 aliphatic heterocycles. The van der Waals surface area contributed by atoms with Crippen LogP contribution >= 0.6 is 0 Å². The van der Waals surface area contributed by atoms with Gasteiger partial charge in [-0.25, -0.2) is 0 Å². The van der Waals surface area contributed by atoms with E-state index in [-0.39, 0.29) is 5.91 Å². The zero-order valence-electron chi connectivity index (χ0n) is 12.0. The van der Waals surface area contributed by atoms with Crippen LogP contribution in [0.4, 0.5) is 0 Å². The number of piperazine rings is 1. The summed E-state index contributed by atoms with van der Waals surface area (Å²) in [6.07, 6.45) is 2.25. The molecule has 0 aromatic heterocycles. The Kier molecular flexibility index (Phi) is 5.44. The summed E-state index contributed by atoms with van der Waals surface area (Å²) in [6, 6.07) is 0.859. The summed E-state index contributed by atoms with van der Waals surface area (Å²) in [4.78, 5) is 13.8. The molecule has 1 amide bonds. The molecule has 1 N–H and O–H groups in total. The summed E-state index contributed by atoms with van der Waals surface area (Å²) in [5.74, 6) is 1.55. The summed E-state index contributed by atoms with van der Waals surface area (Å²) in [5.41, 5.74) is 0. The normalized spacial score (nSPS) is 25.7. The number of hydrogen-bond acceptors (Lipinski definition) is 2. The Labute approximate surface area is 106 Å². The third-order valence-corrected chi connectivity index (χ3v) is 3.40. The van der Waals surface area contributed by atoms with E-state index < -0.39 is 0 Å². The summed E-state index contributed by atoms with van der Waals surface area (Å²) in [6.45, 7) is 12.4. The van der Waals surface area contributed by atoms with E-state index in [1.165, 1.54) is 0 Å². The van der Waals surface area contributed by atoms with Gasteiger partial charge in [0.05, 0.1) is 0 Å². The lowest BCUT2D eigenvalue weighted by atomic mass is 9.95. The first kappa shape index (κ1) is 14.5. The molecular weight excluding hydrogens is 212 g/mol. The zero-order chi connectivity index (χ0) is 13.0. The fraction of sp³-hybridized carbons (Fsp3) is 0.929. The maximum atomic E-state index is 11.7. The second-order valence-corrected chi connectivity index (χ2v) is 6.19. The van der Waals surface area contributed by atoms with Crippen molar-refractivity contribution in [3.05, 3.63) is 0 Å². The molecule has 1 rings (SSSR count). The monoisotopic (exact) mass is 240 g/mol. The lowest BCUT2D eigenvalue weighted by molar-refractivity contribution is -0.133. The fourth-order valence-corrected chi connectivity index (χ4v) is 2.73. The standard InChI is InChI=1S/C14H28N2O/c1-10(2)6-13-9-16(12(5)17)14(8-15-13)7-11(3)4/h10-11,13-15H,6-9H2,1-5H3. The highest BCUT2D eigenvalue weighted by Gasteiger charge is 2.29. The lowest BCUT2D eigenvalue weighted by Gasteiger charge is -2.41. The minimum Gasteiger partial charge on any atom is -0.337 e. The van der Waals surface area contributed by atoms with E-state index in [0.717, 1.165) is 25.9 Å².